The normalized spacial score (nSPS) is 9.83. The van der Waals surface area contributed by atoms with Crippen molar-refractivity contribution >= 4 is 0 Å². The minimum Gasteiger partial charge on any atom is -0.379 e. The predicted molar refractivity (Wildman–Crippen MR) is 103 cm³/mol. The Balaban J connectivity index is 0. The number of hydrogen-bond acceptors (Lipinski definition) is 1. The second-order valence-electron chi connectivity index (χ2n) is 5.95. The lowest BCUT2D eigenvalue weighted by atomic mass is 10.4. The maximum absolute atomic E-state index is 5.04. The van der Waals surface area contributed by atoms with E-state index in [-0.39, 0.29) is 7.43 Å². The van der Waals surface area contributed by atoms with Crippen molar-refractivity contribution in [1.29, 1.82) is 0 Å². The van der Waals surface area contributed by atoms with Gasteiger partial charge < -0.3 is 13.9 Å². The van der Waals surface area contributed by atoms with Gasteiger partial charge in [-0.3, -0.25) is 0 Å². The van der Waals surface area contributed by atoms with Crippen molar-refractivity contribution in [3.8, 4) is 0 Å². The molecule has 0 amide bonds. The molecule has 0 bridgehead atoms. The van der Waals surface area contributed by atoms with E-state index in [1.165, 1.54) is 0 Å². The van der Waals surface area contributed by atoms with E-state index in [1.807, 2.05) is 45.0 Å². The standard InChI is InChI=1S/2C7H11N.C5H12O.CH4/c2*1-7(2)8-5-3-4-6-8;1-4-6-5(2)3;/h2*3-7H,1-2H3;5H,4H2,1-3H3;1H4. The lowest BCUT2D eigenvalue weighted by Gasteiger charge is -2.03. The van der Waals surface area contributed by atoms with Gasteiger partial charge in [0, 0.05) is 43.5 Å². The molecule has 2 heterocycles. The van der Waals surface area contributed by atoms with Crippen LogP contribution in [0, 0.1) is 0 Å². The molecule has 0 fully saturated rings. The molecule has 23 heavy (non-hydrogen) atoms. The SMILES string of the molecule is C.CC(C)n1cccc1.CC(C)n1cccc1.CCOC(C)C. The summed E-state index contributed by atoms with van der Waals surface area (Å²) in [6.45, 7) is 15.6. The molecule has 2 rings (SSSR count). The smallest absolute Gasteiger partial charge is 0.0518 e. The fourth-order valence-electron chi connectivity index (χ4n) is 1.72. The molecule has 0 N–H and O–H groups in total. The number of nitrogens with zero attached hydrogens (tertiary/aromatic N) is 2. The van der Waals surface area contributed by atoms with Crippen LogP contribution in [0.3, 0.4) is 0 Å². The Labute approximate surface area is 144 Å². The number of hydrogen-bond donors (Lipinski definition) is 0. The van der Waals surface area contributed by atoms with Crippen LogP contribution in [-0.4, -0.2) is 21.8 Å². The third-order valence-electron chi connectivity index (χ3n) is 2.95. The Morgan fingerprint density at radius 3 is 1.09 bits per heavy atom. The van der Waals surface area contributed by atoms with Gasteiger partial charge in [-0.25, -0.2) is 0 Å². The Hall–Kier alpha value is -1.48. The molecule has 0 aliphatic carbocycles. The first kappa shape index (κ1) is 23.8. The van der Waals surface area contributed by atoms with Crippen LogP contribution in [-0.2, 0) is 4.74 Å². The molecule has 0 spiro atoms. The Bertz CT molecular complexity index is 390. The number of ether oxygens (including phenoxy) is 1. The first-order chi connectivity index (χ1) is 10.4. The zero-order chi connectivity index (χ0) is 17.0. The first-order valence-corrected chi connectivity index (χ1v) is 8.24. The molecule has 2 aromatic heterocycles. The highest BCUT2D eigenvalue weighted by Crippen LogP contribution is 2.02. The first-order valence-electron chi connectivity index (χ1n) is 8.24. The molecule has 0 aliphatic heterocycles. The van der Waals surface area contributed by atoms with Gasteiger partial charge in [-0.1, -0.05) is 7.43 Å². The van der Waals surface area contributed by atoms with Crippen molar-refractivity contribution in [3.05, 3.63) is 49.1 Å². The molecule has 0 saturated heterocycles. The zero-order valence-electron chi connectivity index (χ0n) is 15.4. The van der Waals surface area contributed by atoms with E-state index < -0.39 is 0 Å². The monoisotopic (exact) mass is 322 g/mol. The van der Waals surface area contributed by atoms with Gasteiger partial charge in [0.2, 0.25) is 0 Å². The molecule has 0 unspecified atom stereocenters. The van der Waals surface area contributed by atoms with Gasteiger partial charge in [-0.2, -0.15) is 0 Å². The van der Waals surface area contributed by atoms with Crippen LogP contribution in [0.4, 0.5) is 0 Å². The number of rotatable bonds is 4. The summed E-state index contributed by atoms with van der Waals surface area (Å²) >= 11 is 0. The van der Waals surface area contributed by atoms with Crippen molar-refractivity contribution < 1.29 is 4.74 Å². The van der Waals surface area contributed by atoms with Crippen LogP contribution >= 0.6 is 0 Å². The van der Waals surface area contributed by atoms with Crippen LogP contribution in [0.1, 0.15) is 68.0 Å². The van der Waals surface area contributed by atoms with Crippen molar-refractivity contribution in [2.45, 2.75) is 74.1 Å². The third-order valence-corrected chi connectivity index (χ3v) is 2.95. The molecular formula is C20H38N2O. The lowest BCUT2D eigenvalue weighted by molar-refractivity contribution is 0.0899. The van der Waals surface area contributed by atoms with Crippen LogP contribution in [0.15, 0.2) is 49.1 Å². The maximum Gasteiger partial charge on any atom is 0.0518 e. The summed E-state index contributed by atoms with van der Waals surface area (Å²) < 4.78 is 9.38. The third kappa shape index (κ3) is 12.7. The van der Waals surface area contributed by atoms with Crippen LogP contribution in [0.2, 0.25) is 0 Å². The van der Waals surface area contributed by atoms with E-state index in [9.17, 15) is 0 Å². The molecule has 3 heteroatoms. The molecule has 0 atom stereocenters. The Kier molecular flexibility index (Phi) is 14.6. The predicted octanol–water partition coefficient (Wildman–Crippen LogP) is 6.21. The van der Waals surface area contributed by atoms with Gasteiger partial charge in [-0.15, -0.1) is 0 Å². The Morgan fingerprint density at radius 1 is 0.696 bits per heavy atom. The fraction of sp³-hybridized carbons (Fsp3) is 0.600. The minimum absolute atomic E-state index is 0. The van der Waals surface area contributed by atoms with E-state index in [0.717, 1.165) is 6.61 Å². The van der Waals surface area contributed by atoms with Gasteiger partial charge in [0.25, 0.3) is 0 Å². The average molecular weight is 323 g/mol. The molecule has 0 radical (unpaired) electrons. The molecule has 0 aliphatic rings. The van der Waals surface area contributed by atoms with Crippen molar-refractivity contribution in [3.63, 3.8) is 0 Å². The van der Waals surface area contributed by atoms with E-state index >= 15 is 0 Å². The lowest BCUT2D eigenvalue weighted by Crippen LogP contribution is -1.99. The van der Waals surface area contributed by atoms with Gasteiger partial charge >= 0.3 is 0 Å². The summed E-state index contributed by atoms with van der Waals surface area (Å²) in [7, 11) is 0. The van der Waals surface area contributed by atoms with Crippen LogP contribution in [0.5, 0.6) is 0 Å². The largest absolute Gasteiger partial charge is 0.379 e. The molecular weight excluding hydrogens is 284 g/mol. The van der Waals surface area contributed by atoms with Crippen LogP contribution in [0.25, 0.3) is 0 Å². The van der Waals surface area contributed by atoms with Crippen LogP contribution < -0.4 is 0 Å². The van der Waals surface area contributed by atoms with E-state index in [2.05, 4.69) is 61.6 Å². The molecule has 2 aromatic rings. The van der Waals surface area contributed by atoms with E-state index in [0.29, 0.717) is 18.2 Å². The Morgan fingerprint density at radius 2 is 1.00 bits per heavy atom. The van der Waals surface area contributed by atoms with Gasteiger partial charge in [0.1, 0.15) is 0 Å². The zero-order valence-corrected chi connectivity index (χ0v) is 15.4. The summed E-state index contributed by atoms with van der Waals surface area (Å²) in [5.74, 6) is 0. The second-order valence-corrected chi connectivity index (χ2v) is 5.95. The highest BCUT2D eigenvalue weighted by atomic mass is 16.5. The van der Waals surface area contributed by atoms with Crippen molar-refractivity contribution in [2.75, 3.05) is 6.61 Å². The summed E-state index contributed by atoms with van der Waals surface area (Å²) in [6, 6.07) is 9.37. The highest BCUT2D eigenvalue weighted by Gasteiger charge is 1.90. The molecule has 0 saturated carbocycles. The fourth-order valence-corrected chi connectivity index (χ4v) is 1.72. The topological polar surface area (TPSA) is 19.1 Å². The molecule has 3 nitrogen and oxygen atoms in total. The quantitative estimate of drug-likeness (QED) is 0.655. The van der Waals surface area contributed by atoms with Gasteiger partial charge in [-0.05, 0) is 72.7 Å². The molecule has 134 valence electrons. The summed E-state index contributed by atoms with van der Waals surface area (Å²) in [4.78, 5) is 0. The molecule has 0 aromatic carbocycles. The van der Waals surface area contributed by atoms with Gasteiger partial charge in [0.05, 0.1) is 6.10 Å². The van der Waals surface area contributed by atoms with Crippen molar-refractivity contribution in [2.24, 2.45) is 0 Å². The van der Waals surface area contributed by atoms with Crippen molar-refractivity contribution in [1.82, 2.24) is 9.13 Å². The maximum atomic E-state index is 5.04. The van der Waals surface area contributed by atoms with E-state index in [4.69, 9.17) is 4.74 Å². The summed E-state index contributed by atoms with van der Waals surface area (Å²) in [6.07, 6.45) is 8.69. The number of aromatic nitrogens is 2. The summed E-state index contributed by atoms with van der Waals surface area (Å²) in [5.41, 5.74) is 0. The highest BCUT2D eigenvalue weighted by molar-refractivity contribution is 4.92. The average Bonchev–Trinajstić information content (AvgIpc) is 3.14. The second kappa shape index (κ2) is 14.1. The van der Waals surface area contributed by atoms with Gasteiger partial charge in [0.15, 0.2) is 0 Å². The summed E-state index contributed by atoms with van der Waals surface area (Å²) in [5, 5.41) is 0. The minimum atomic E-state index is 0. The van der Waals surface area contributed by atoms with E-state index in [1.54, 1.807) is 0 Å².